The highest BCUT2D eigenvalue weighted by Gasteiger charge is 2.17. The van der Waals surface area contributed by atoms with Crippen LogP contribution in [0.1, 0.15) is 33.6 Å². The predicted octanol–water partition coefficient (Wildman–Crippen LogP) is 2.68. The molecule has 1 aromatic heterocycles. The molecule has 1 aliphatic heterocycles. The van der Waals surface area contributed by atoms with E-state index >= 15 is 0 Å². The molecule has 3 N–H and O–H groups in total. The van der Waals surface area contributed by atoms with Crippen LogP contribution in [0.2, 0.25) is 0 Å². The fourth-order valence-corrected chi connectivity index (χ4v) is 2.14. The molecule has 0 aromatic carbocycles. The summed E-state index contributed by atoms with van der Waals surface area (Å²) >= 11 is 0. The molecule has 2 rings (SSSR count). The van der Waals surface area contributed by atoms with Crippen LogP contribution in [0, 0.1) is 5.92 Å². The van der Waals surface area contributed by atoms with E-state index in [4.69, 9.17) is 15.2 Å². The van der Waals surface area contributed by atoms with Crippen molar-refractivity contribution in [3.8, 4) is 5.88 Å². The van der Waals surface area contributed by atoms with Gasteiger partial charge in [0.2, 0.25) is 5.88 Å². The smallest absolute Gasteiger partial charge is 0.239 e. The maximum Gasteiger partial charge on any atom is 0.239 e. The number of aromatic nitrogens is 1. The lowest BCUT2D eigenvalue weighted by Crippen LogP contribution is -2.26. The van der Waals surface area contributed by atoms with Crippen LogP contribution >= 0.6 is 0 Å². The van der Waals surface area contributed by atoms with Crippen molar-refractivity contribution in [2.45, 2.75) is 39.2 Å². The Morgan fingerprint density at radius 1 is 1.45 bits per heavy atom. The van der Waals surface area contributed by atoms with Gasteiger partial charge in [-0.25, -0.2) is 0 Å². The van der Waals surface area contributed by atoms with E-state index in [1.165, 1.54) is 6.42 Å². The number of rotatable bonds is 4. The van der Waals surface area contributed by atoms with Gasteiger partial charge >= 0.3 is 0 Å². The van der Waals surface area contributed by atoms with Crippen molar-refractivity contribution in [3.63, 3.8) is 0 Å². The lowest BCUT2D eigenvalue weighted by molar-refractivity contribution is 0.0594. The molecule has 1 unspecified atom stereocenters. The first-order valence-corrected chi connectivity index (χ1v) is 7.21. The standard InChI is InChI=1S/C15H25N3O2/c1-15(2,3)20-14-12(16)6-7-13(18-14)17-9-11-5-4-8-19-10-11/h6-7,11H,4-5,8-10,16H2,1-3H3,(H,17,18). The molecule has 1 saturated heterocycles. The van der Waals surface area contributed by atoms with Crippen molar-refractivity contribution in [1.82, 2.24) is 4.98 Å². The van der Waals surface area contributed by atoms with E-state index in [0.29, 0.717) is 17.5 Å². The van der Waals surface area contributed by atoms with Gasteiger partial charge in [0.1, 0.15) is 11.4 Å². The van der Waals surface area contributed by atoms with Crippen LogP contribution < -0.4 is 15.8 Å². The number of nitrogens with zero attached hydrogens (tertiary/aromatic N) is 1. The van der Waals surface area contributed by atoms with E-state index in [1.54, 1.807) is 0 Å². The molecule has 0 saturated carbocycles. The number of anilines is 2. The molecule has 112 valence electrons. The fraction of sp³-hybridized carbons (Fsp3) is 0.667. The lowest BCUT2D eigenvalue weighted by atomic mass is 10.0. The van der Waals surface area contributed by atoms with E-state index in [9.17, 15) is 0 Å². The summed E-state index contributed by atoms with van der Waals surface area (Å²) in [6.07, 6.45) is 2.34. The molecule has 20 heavy (non-hydrogen) atoms. The average Bonchev–Trinajstić information content (AvgIpc) is 2.39. The molecule has 0 spiro atoms. The summed E-state index contributed by atoms with van der Waals surface area (Å²) in [4.78, 5) is 4.44. The molecule has 1 atom stereocenters. The molecule has 1 fully saturated rings. The second kappa shape index (κ2) is 6.31. The largest absolute Gasteiger partial charge is 0.470 e. The highest BCUT2D eigenvalue weighted by molar-refractivity contribution is 5.53. The highest BCUT2D eigenvalue weighted by atomic mass is 16.5. The van der Waals surface area contributed by atoms with Gasteiger partial charge in [-0.1, -0.05) is 0 Å². The Morgan fingerprint density at radius 3 is 2.90 bits per heavy atom. The molecule has 0 aliphatic carbocycles. The van der Waals surface area contributed by atoms with E-state index in [1.807, 2.05) is 32.9 Å². The van der Waals surface area contributed by atoms with Crippen LogP contribution in [0.4, 0.5) is 11.5 Å². The minimum Gasteiger partial charge on any atom is -0.470 e. The third kappa shape index (κ3) is 4.56. The Bertz CT molecular complexity index is 437. The third-order valence-electron chi connectivity index (χ3n) is 3.12. The topological polar surface area (TPSA) is 69.4 Å². The summed E-state index contributed by atoms with van der Waals surface area (Å²) in [7, 11) is 0. The van der Waals surface area contributed by atoms with Gasteiger partial charge in [-0.3, -0.25) is 0 Å². The van der Waals surface area contributed by atoms with Crippen molar-refractivity contribution in [2.75, 3.05) is 30.8 Å². The zero-order valence-electron chi connectivity index (χ0n) is 12.6. The Hall–Kier alpha value is -1.49. The minimum absolute atomic E-state index is 0.309. The van der Waals surface area contributed by atoms with E-state index in [-0.39, 0.29) is 5.60 Å². The van der Waals surface area contributed by atoms with Gasteiger partial charge in [0.05, 0.1) is 12.3 Å². The molecule has 0 amide bonds. The zero-order valence-corrected chi connectivity index (χ0v) is 12.6. The first kappa shape index (κ1) is 14.9. The van der Waals surface area contributed by atoms with Gasteiger partial charge in [0.25, 0.3) is 0 Å². The Balaban J connectivity index is 1.96. The number of nitrogen functional groups attached to an aromatic ring is 1. The average molecular weight is 279 g/mol. The van der Waals surface area contributed by atoms with Gasteiger partial charge in [-0.05, 0) is 51.7 Å². The normalized spacial score (nSPS) is 19.6. The lowest BCUT2D eigenvalue weighted by Gasteiger charge is -2.23. The van der Waals surface area contributed by atoms with Gasteiger partial charge in [0.15, 0.2) is 0 Å². The van der Waals surface area contributed by atoms with Crippen LogP contribution in [-0.2, 0) is 4.74 Å². The van der Waals surface area contributed by atoms with Crippen molar-refractivity contribution < 1.29 is 9.47 Å². The first-order chi connectivity index (χ1) is 9.44. The maximum absolute atomic E-state index is 5.90. The summed E-state index contributed by atoms with van der Waals surface area (Å²) in [6, 6.07) is 3.71. The summed E-state index contributed by atoms with van der Waals surface area (Å²) < 4.78 is 11.2. The summed E-state index contributed by atoms with van der Waals surface area (Å²) in [5.41, 5.74) is 6.15. The summed E-state index contributed by atoms with van der Waals surface area (Å²) in [5, 5.41) is 3.34. The van der Waals surface area contributed by atoms with Crippen LogP contribution in [0.25, 0.3) is 0 Å². The first-order valence-electron chi connectivity index (χ1n) is 7.21. The maximum atomic E-state index is 5.90. The number of nitrogens with two attached hydrogens (primary N) is 1. The summed E-state index contributed by atoms with van der Waals surface area (Å²) in [5.74, 6) is 1.83. The fourth-order valence-electron chi connectivity index (χ4n) is 2.14. The van der Waals surface area contributed by atoms with E-state index in [2.05, 4.69) is 10.3 Å². The number of pyridine rings is 1. The Labute approximate surface area is 120 Å². The molecule has 1 aromatic rings. The summed E-state index contributed by atoms with van der Waals surface area (Å²) in [6.45, 7) is 8.52. The number of nitrogens with one attached hydrogen (secondary N) is 1. The van der Waals surface area contributed by atoms with Crippen molar-refractivity contribution in [1.29, 1.82) is 0 Å². The van der Waals surface area contributed by atoms with Gasteiger partial charge in [0, 0.05) is 13.2 Å². The molecule has 2 heterocycles. The number of hydrogen-bond acceptors (Lipinski definition) is 5. The second-order valence-electron chi connectivity index (χ2n) is 6.27. The van der Waals surface area contributed by atoms with Crippen LogP contribution in [-0.4, -0.2) is 30.3 Å². The van der Waals surface area contributed by atoms with Crippen molar-refractivity contribution >= 4 is 11.5 Å². The SMILES string of the molecule is CC(C)(C)Oc1nc(NCC2CCCOC2)ccc1N. The molecular formula is C15H25N3O2. The molecule has 0 bridgehead atoms. The quantitative estimate of drug-likeness (QED) is 0.886. The zero-order chi connectivity index (χ0) is 14.6. The Kier molecular flexibility index (Phi) is 4.70. The van der Waals surface area contributed by atoms with Gasteiger partial charge in [-0.15, -0.1) is 0 Å². The van der Waals surface area contributed by atoms with Crippen molar-refractivity contribution in [3.05, 3.63) is 12.1 Å². The number of ether oxygens (including phenoxy) is 2. The van der Waals surface area contributed by atoms with Gasteiger partial charge in [-0.2, -0.15) is 4.98 Å². The van der Waals surface area contributed by atoms with Crippen LogP contribution in [0.5, 0.6) is 5.88 Å². The third-order valence-corrected chi connectivity index (χ3v) is 3.12. The monoisotopic (exact) mass is 279 g/mol. The van der Waals surface area contributed by atoms with E-state index in [0.717, 1.165) is 32.0 Å². The predicted molar refractivity (Wildman–Crippen MR) is 81.1 cm³/mol. The highest BCUT2D eigenvalue weighted by Crippen LogP contribution is 2.25. The second-order valence-corrected chi connectivity index (χ2v) is 6.27. The molecule has 0 radical (unpaired) electrons. The van der Waals surface area contributed by atoms with Crippen molar-refractivity contribution in [2.24, 2.45) is 5.92 Å². The minimum atomic E-state index is -0.309. The van der Waals surface area contributed by atoms with E-state index < -0.39 is 0 Å². The number of hydrogen-bond donors (Lipinski definition) is 2. The van der Waals surface area contributed by atoms with Gasteiger partial charge < -0.3 is 20.5 Å². The molecular weight excluding hydrogens is 254 g/mol. The van der Waals surface area contributed by atoms with Crippen LogP contribution in [0.3, 0.4) is 0 Å². The molecule has 5 heteroatoms. The van der Waals surface area contributed by atoms with Crippen LogP contribution in [0.15, 0.2) is 12.1 Å². The molecule has 5 nitrogen and oxygen atoms in total. The Morgan fingerprint density at radius 2 is 2.25 bits per heavy atom. The molecule has 1 aliphatic rings.